The highest BCUT2D eigenvalue weighted by molar-refractivity contribution is 5.69. The fourth-order valence-corrected chi connectivity index (χ4v) is 1.31. The lowest BCUT2D eigenvalue weighted by Gasteiger charge is -2.13. The average molecular weight is 184 g/mol. The highest BCUT2D eigenvalue weighted by Gasteiger charge is 2.11. The van der Waals surface area contributed by atoms with Gasteiger partial charge in [-0.15, -0.1) is 0 Å². The Morgan fingerprint density at radius 1 is 1.62 bits per heavy atom. The second kappa shape index (κ2) is 5.02. The first-order valence-corrected chi connectivity index (χ1v) is 4.72. The summed E-state index contributed by atoms with van der Waals surface area (Å²) < 4.78 is 5.09. The molecule has 74 valence electrons. The summed E-state index contributed by atoms with van der Waals surface area (Å²) in [7, 11) is 0. The number of aliphatic hydroxyl groups is 1. The normalized spacial score (nSPS) is 33.5. The van der Waals surface area contributed by atoms with Crippen LogP contribution in [-0.2, 0) is 9.53 Å². The third kappa shape index (κ3) is 4.08. The molecule has 2 atom stereocenters. The van der Waals surface area contributed by atoms with Crippen LogP contribution in [0.25, 0.3) is 0 Å². The van der Waals surface area contributed by atoms with Crippen molar-refractivity contribution in [1.82, 2.24) is 0 Å². The van der Waals surface area contributed by atoms with E-state index in [0.717, 1.165) is 0 Å². The molecular weight excluding hydrogens is 168 g/mol. The molecule has 1 N–H and O–H groups in total. The molecule has 0 spiro atoms. The van der Waals surface area contributed by atoms with Gasteiger partial charge in [-0.3, -0.25) is 4.79 Å². The second-order valence-electron chi connectivity index (χ2n) is 3.42. The van der Waals surface area contributed by atoms with Crippen LogP contribution < -0.4 is 0 Å². The van der Waals surface area contributed by atoms with Crippen molar-refractivity contribution in [2.45, 2.75) is 44.8 Å². The molecule has 0 aromatic carbocycles. The lowest BCUT2D eigenvalue weighted by atomic mass is 10.1. The van der Waals surface area contributed by atoms with Crippen LogP contribution in [0.3, 0.4) is 0 Å². The van der Waals surface area contributed by atoms with Crippen molar-refractivity contribution >= 4 is 5.97 Å². The number of carbonyl (C=O) groups excluding carboxylic acids is 1. The fraction of sp³-hybridized carbons (Fsp3) is 0.700. The van der Waals surface area contributed by atoms with Gasteiger partial charge < -0.3 is 9.84 Å². The SMILES string of the molecule is C[C@@H]1C/C=C/[C@H](O)CCCC(=O)O1. The Morgan fingerprint density at radius 2 is 2.38 bits per heavy atom. The Labute approximate surface area is 78.4 Å². The lowest BCUT2D eigenvalue weighted by Crippen LogP contribution is -2.16. The molecule has 0 amide bonds. The molecule has 0 aromatic rings. The minimum Gasteiger partial charge on any atom is -0.462 e. The van der Waals surface area contributed by atoms with Gasteiger partial charge in [-0.25, -0.2) is 0 Å². The maximum Gasteiger partial charge on any atom is 0.306 e. The predicted octanol–water partition coefficient (Wildman–Crippen LogP) is 1.41. The third-order valence-corrected chi connectivity index (χ3v) is 2.04. The minimum absolute atomic E-state index is 0.0750. The molecule has 0 fully saturated rings. The zero-order valence-electron chi connectivity index (χ0n) is 7.90. The molecule has 0 aromatic heterocycles. The molecule has 1 aliphatic heterocycles. The zero-order valence-corrected chi connectivity index (χ0v) is 7.90. The van der Waals surface area contributed by atoms with Gasteiger partial charge in [0.1, 0.15) is 6.10 Å². The second-order valence-corrected chi connectivity index (χ2v) is 3.42. The van der Waals surface area contributed by atoms with E-state index in [0.29, 0.717) is 25.7 Å². The smallest absolute Gasteiger partial charge is 0.306 e. The van der Waals surface area contributed by atoms with Crippen LogP contribution in [0.15, 0.2) is 12.2 Å². The van der Waals surface area contributed by atoms with Gasteiger partial charge in [0.05, 0.1) is 6.10 Å². The minimum atomic E-state index is -0.405. The van der Waals surface area contributed by atoms with E-state index in [2.05, 4.69) is 0 Å². The number of cyclic esters (lactones) is 1. The Kier molecular flexibility index (Phi) is 3.96. The van der Waals surface area contributed by atoms with Crippen LogP contribution in [-0.4, -0.2) is 23.3 Å². The highest BCUT2D eigenvalue weighted by atomic mass is 16.5. The van der Waals surface area contributed by atoms with E-state index in [1.807, 2.05) is 13.0 Å². The van der Waals surface area contributed by atoms with Gasteiger partial charge in [0.2, 0.25) is 0 Å². The van der Waals surface area contributed by atoms with Gasteiger partial charge in [-0.05, 0) is 19.8 Å². The standard InChI is InChI=1S/C10H16O3/c1-8-4-2-5-9(11)6-3-7-10(12)13-8/h2,5,8-9,11H,3-4,6-7H2,1H3/b5-2+/t8-,9+/m1/s1. The van der Waals surface area contributed by atoms with Crippen LogP contribution >= 0.6 is 0 Å². The van der Waals surface area contributed by atoms with Crippen LogP contribution in [0.1, 0.15) is 32.6 Å². The molecular formula is C10H16O3. The van der Waals surface area contributed by atoms with E-state index in [-0.39, 0.29) is 12.1 Å². The molecule has 0 aliphatic carbocycles. The van der Waals surface area contributed by atoms with Crippen molar-refractivity contribution < 1.29 is 14.6 Å². The molecule has 0 saturated heterocycles. The number of hydrogen-bond donors (Lipinski definition) is 1. The summed E-state index contributed by atoms with van der Waals surface area (Å²) >= 11 is 0. The summed E-state index contributed by atoms with van der Waals surface area (Å²) in [5, 5.41) is 9.36. The Bertz CT molecular complexity index is 198. The summed E-state index contributed by atoms with van der Waals surface area (Å²) in [5.74, 6) is -0.157. The summed E-state index contributed by atoms with van der Waals surface area (Å²) in [4.78, 5) is 11.1. The number of carbonyl (C=O) groups is 1. The zero-order chi connectivity index (χ0) is 9.68. The number of ether oxygens (including phenoxy) is 1. The van der Waals surface area contributed by atoms with Crippen LogP contribution in [0.2, 0.25) is 0 Å². The van der Waals surface area contributed by atoms with Crippen molar-refractivity contribution in [1.29, 1.82) is 0 Å². The average Bonchev–Trinajstić information content (AvgIpc) is 2.03. The number of esters is 1. The molecule has 1 heterocycles. The topological polar surface area (TPSA) is 46.5 Å². The van der Waals surface area contributed by atoms with E-state index in [4.69, 9.17) is 4.74 Å². The summed E-state index contributed by atoms with van der Waals surface area (Å²) in [6.45, 7) is 1.86. The van der Waals surface area contributed by atoms with E-state index in [1.54, 1.807) is 6.08 Å². The van der Waals surface area contributed by atoms with Crippen LogP contribution in [0.4, 0.5) is 0 Å². The molecule has 0 bridgehead atoms. The van der Waals surface area contributed by atoms with E-state index in [9.17, 15) is 9.90 Å². The molecule has 13 heavy (non-hydrogen) atoms. The highest BCUT2D eigenvalue weighted by Crippen LogP contribution is 2.09. The first kappa shape index (κ1) is 10.3. The van der Waals surface area contributed by atoms with E-state index >= 15 is 0 Å². The van der Waals surface area contributed by atoms with Crippen molar-refractivity contribution in [3.05, 3.63) is 12.2 Å². The third-order valence-electron chi connectivity index (χ3n) is 2.04. The maximum absolute atomic E-state index is 11.1. The van der Waals surface area contributed by atoms with Crippen LogP contribution in [0, 0.1) is 0 Å². The van der Waals surface area contributed by atoms with Gasteiger partial charge in [-0.1, -0.05) is 12.2 Å². The quantitative estimate of drug-likeness (QED) is 0.457. The summed E-state index contributed by atoms with van der Waals surface area (Å²) in [6.07, 6.45) is 5.59. The van der Waals surface area contributed by atoms with Gasteiger partial charge in [0.15, 0.2) is 0 Å². The lowest BCUT2D eigenvalue weighted by molar-refractivity contribution is -0.148. The van der Waals surface area contributed by atoms with Crippen molar-refractivity contribution in [2.75, 3.05) is 0 Å². The largest absolute Gasteiger partial charge is 0.462 e. The molecule has 1 aliphatic rings. The maximum atomic E-state index is 11.1. The molecule has 0 unspecified atom stereocenters. The Balaban J connectivity index is 2.50. The van der Waals surface area contributed by atoms with E-state index < -0.39 is 6.10 Å². The first-order chi connectivity index (χ1) is 6.18. The van der Waals surface area contributed by atoms with Gasteiger partial charge in [-0.2, -0.15) is 0 Å². The Morgan fingerprint density at radius 3 is 3.15 bits per heavy atom. The van der Waals surface area contributed by atoms with Gasteiger partial charge in [0.25, 0.3) is 0 Å². The summed E-state index contributed by atoms with van der Waals surface area (Å²) in [5.41, 5.74) is 0. The van der Waals surface area contributed by atoms with Crippen molar-refractivity contribution in [2.24, 2.45) is 0 Å². The summed E-state index contributed by atoms with van der Waals surface area (Å²) in [6, 6.07) is 0. The van der Waals surface area contributed by atoms with Crippen molar-refractivity contribution in [3.63, 3.8) is 0 Å². The molecule has 0 saturated carbocycles. The molecule has 3 heteroatoms. The predicted molar refractivity (Wildman–Crippen MR) is 49.2 cm³/mol. The molecule has 3 nitrogen and oxygen atoms in total. The Hall–Kier alpha value is -0.830. The monoisotopic (exact) mass is 184 g/mol. The number of aliphatic hydroxyl groups excluding tert-OH is 1. The number of hydrogen-bond acceptors (Lipinski definition) is 3. The van der Waals surface area contributed by atoms with Gasteiger partial charge >= 0.3 is 5.97 Å². The fourth-order valence-electron chi connectivity index (χ4n) is 1.31. The van der Waals surface area contributed by atoms with E-state index in [1.165, 1.54) is 0 Å². The van der Waals surface area contributed by atoms with Gasteiger partial charge in [0, 0.05) is 12.8 Å². The first-order valence-electron chi connectivity index (χ1n) is 4.72. The van der Waals surface area contributed by atoms with Crippen molar-refractivity contribution in [3.8, 4) is 0 Å². The number of rotatable bonds is 0. The van der Waals surface area contributed by atoms with Crippen LogP contribution in [0.5, 0.6) is 0 Å². The molecule has 0 radical (unpaired) electrons. The molecule has 1 rings (SSSR count).